The molecule has 0 radical (unpaired) electrons. The van der Waals surface area contributed by atoms with E-state index in [1.165, 1.54) is 11.1 Å². The minimum atomic E-state index is 0.561. The van der Waals surface area contributed by atoms with Gasteiger partial charge in [0, 0.05) is 16.8 Å². The van der Waals surface area contributed by atoms with E-state index in [2.05, 4.69) is 70.7 Å². The maximum absolute atomic E-state index is 5.97. The molecule has 0 aliphatic carbocycles. The Bertz CT molecular complexity index is 808. The monoisotopic (exact) mass is 362 g/mol. The Morgan fingerprint density at radius 2 is 1.81 bits per heavy atom. The highest BCUT2D eigenvalue weighted by Gasteiger charge is 2.15. The molecule has 108 valence electrons. The number of halogens is 2. The van der Waals surface area contributed by atoms with Gasteiger partial charge in [0.15, 0.2) is 0 Å². The number of imidazole rings is 1. The van der Waals surface area contributed by atoms with Crippen molar-refractivity contribution in [2.45, 2.75) is 20.3 Å². The Hall–Kier alpha value is -1.32. The van der Waals surface area contributed by atoms with Crippen molar-refractivity contribution in [2.24, 2.45) is 0 Å². The molecule has 1 heterocycles. The lowest BCUT2D eigenvalue weighted by Gasteiger charge is -2.12. The highest BCUT2D eigenvalue weighted by Crippen LogP contribution is 2.30. The van der Waals surface area contributed by atoms with Gasteiger partial charge in [-0.25, -0.2) is 4.98 Å². The molecule has 0 fully saturated rings. The summed E-state index contributed by atoms with van der Waals surface area (Å²) in [7, 11) is 0. The number of hydrogen-bond acceptors (Lipinski definition) is 1. The molecule has 0 saturated heterocycles. The lowest BCUT2D eigenvalue weighted by molar-refractivity contribution is 0.908. The quantitative estimate of drug-likeness (QED) is 0.586. The first kappa shape index (κ1) is 14.6. The number of hydrogen-bond donors (Lipinski definition) is 0. The molecule has 2 nitrogen and oxygen atoms in total. The molecule has 0 spiro atoms. The normalized spacial score (nSPS) is 11.2. The minimum absolute atomic E-state index is 0.561. The van der Waals surface area contributed by atoms with Crippen LogP contribution in [-0.2, 0) is 6.42 Å². The van der Waals surface area contributed by atoms with Gasteiger partial charge in [-0.3, -0.25) is 4.57 Å². The third kappa shape index (κ3) is 2.49. The summed E-state index contributed by atoms with van der Waals surface area (Å²) in [5.41, 5.74) is 5.68. The first-order chi connectivity index (χ1) is 10.1. The molecule has 3 aromatic rings. The number of aryl methyl sites for hydroxylation is 3. The van der Waals surface area contributed by atoms with Crippen LogP contribution in [0.5, 0.6) is 0 Å². The molecule has 0 amide bonds. The van der Waals surface area contributed by atoms with E-state index in [0.717, 1.165) is 33.4 Å². The van der Waals surface area contributed by atoms with Gasteiger partial charge in [0.05, 0.1) is 16.7 Å². The summed E-state index contributed by atoms with van der Waals surface area (Å²) in [6.45, 7) is 4.19. The Labute approximate surface area is 137 Å². The Balaban J connectivity index is 2.37. The van der Waals surface area contributed by atoms with E-state index < -0.39 is 0 Å². The molecule has 4 heteroatoms. The predicted octanol–water partition coefficient (Wildman–Crippen LogP) is 5.19. The van der Waals surface area contributed by atoms with Gasteiger partial charge in [0.2, 0.25) is 0 Å². The van der Waals surface area contributed by atoms with Gasteiger partial charge in [-0.05, 0) is 53.0 Å². The molecule has 0 unspecified atom stereocenters. The molecule has 0 aliphatic rings. The van der Waals surface area contributed by atoms with Gasteiger partial charge >= 0.3 is 0 Å². The molecule has 1 aromatic heterocycles. The van der Waals surface area contributed by atoms with Crippen LogP contribution in [0.2, 0.25) is 0 Å². The zero-order chi connectivity index (χ0) is 15.0. The average molecular weight is 364 g/mol. The third-order valence-electron chi connectivity index (χ3n) is 3.69. The fourth-order valence-electron chi connectivity index (χ4n) is 2.61. The van der Waals surface area contributed by atoms with E-state index in [0.29, 0.717) is 5.88 Å². The number of rotatable bonds is 3. The summed E-state index contributed by atoms with van der Waals surface area (Å²) >= 11 is 9.68. The van der Waals surface area contributed by atoms with Crippen LogP contribution in [0, 0.1) is 13.8 Å². The first-order valence-electron chi connectivity index (χ1n) is 6.92. The summed E-state index contributed by atoms with van der Waals surface area (Å²) in [5, 5.41) is 0. The number of benzene rings is 2. The van der Waals surface area contributed by atoms with Gasteiger partial charge in [-0.15, -0.1) is 11.6 Å². The molecule has 0 saturated carbocycles. The smallest absolute Gasteiger partial charge is 0.115 e. The Morgan fingerprint density at radius 3 is 2.57 bits per heavy atom. The van der Waals surface area contributed by atoms with Crippen molar-refractivity contribution >= 4 is 38.6 Å². The molecule has 2 aromatic carbocycles. The van der Waals surface area contributed by atoms with Crippen molar-refractivity contribution in [3.05, 3.63) is 57.8 Å². The maximum atomic E-state index is 5.97. The van der Waals surface area contributed by atoms with E-state index in [-0.39, 0.29) is 0 Å². The summed E-state index contributed by atoms with van der Waals surface area (Å²) in [4.78, 5) is 4.81. The van der Waals surface area contributed by atoms with Crippen molar-refractivity contribution in [2.75, 3.05) is 5.88 Å². The molecule has 3 rings (SSSR count). The second-order valence-corrected chi connectivity index (χ2v) is 6.32. The van der Waals surface area contributed by atoms with Crippen LogP contribution < -0.4 is 0 Å². The summed E-state index contributed by atoms with van der Waals surface area (Å²) in [6, 6.07) is 12.6. The summed E-state index contributed by atoms with van der Waals surface area (Å²) < 4.78 is 3.31. The van der Waals surface area contributed by atoms with Crippen molar-refractivity contribution in [1.82, 2.24) is 9.55 Å². The van der Waals surface area contributed by atoms with Crippen molar-refractivity contribution in [3.8, 4) is 5.69 Å². The Morgan fingerprint density at radius 1 is 1.10 bits per heavy atom. The molecule has 0 N–H and O–H groups in total. The van der Waals surface area contributed by atoms with Gasteiger partial charge in [-0.1, -0.05) is 24.3 Å². The molecular weight excluding hydrogens is 348 g/mol. The predicted molar refractivity (Wildman–Crippen MR) is 92.7 cm³/mol. The minimum Gasteiger partial charge on any atom is -0.295 e. The highest BCUT2D eigenvalue weighted by molar-refractivity contribution is 9.10. The van der Waals surface area contributed by atoms with Gasteiger partial charge in [-0.2, -0.15) is 0 Å². The van der Waals surface area contributed by atoms with Crippen LogP contribution in [0.1, 0.15) is 17.0 Å². The maximum Gasteiger partial charge on any atom is 0.115 e. The van der Waals surface area contributed by atoms with E-state index >= 15 is 0 Å². The molecular formula is C17H16BrClN2. The van der Waals surface area contributed by atoms with Crippen LogP contribution >= 0.6 is 27.5 Å². The highest BCUT2D eigenvalue weighted by atomic mass is 79.9. The number of nitrogens with zero attached hydrogens (tertiary/aromatic N) is 2. The fourth-order valence-corrected chi connectivity index (χ4v) is 3.22. The lowest BCUT2D eigenvalue weighted by atomic mass is 10.2. The van der Waals surface area contributed by atoms with Crippen molar-refractivity contribution in [3.63, 3.8) is 0 Å². The molecule has 0 aliphatic heterocycles. The van der Waals surface area contributed by atoms with Crippen LogP contribution in [0.25, 0.3) is 16.7 Å². The molecule has 0 bridgehead atoms. The van der Waals surface area contributed by atoms with Crippen LogP contribution in [0.15, 0.2) is 40.9 Å². The van der Waals surface area contributed by atoms with Gasteiger partial charge < -0.3 is 0 Å². The number of aromatic nitrogens is 2. The third-order valence-corrected chi connectivity index (χ3v) is 4.91. The van der Waals surface area contributed by atoms with E-state index in [9.17, 15) is 0 Å². The summed E-state index contributed by atoms with van der Waals surface area (Å²) in [5.74, 6) is 1.56. The van der Waals surface area contributed by atoms with E-state index in [1.807, 2.05) is 0 Å². The molecule has 21 heavy (non-hydrogen) atoms. The zero-order valence-corrected chi connectivity index (χ0v) is 14.4. The standard InChI is InChI=1S/C17H16BrClN2/c1-11-5-3-7-13(16(11)18)21-14-8-4-6-12(2)17(14)20-15(21)9-10-19/h3-8H,9-10H2,1-2H3. The van der Waals surface area contributed by atoms with Crippen molar-refractivity contribution in [1.29, 1.82) is 0 Å². The number of fused-ring (bicyclic) bond motifs is 1. The molecule has 0 atom stereocenters. The lowest BCUT2D eigenvalue weighted by Crippen LogP contribution is -2.03. The average Bonchev–Trinajstić information content (AvgIpc) is 2.82. The van der Waals surface area contributed by atoms with Gasteiger partial charge in [0.25, 0.3) is 0 Å². The first-order valence-corrected chi connectivity index (χ1v) is 8.24. The van der Waals surface area contributed by atoms with E-state index in [4.69, 9.17) is 16.6 Å². The SMILES string of the molecule is Cc1cccc(-n2c(CCCl)nc3c(C)cccc32)c1Br. The largest absolute Gasteiger partial charge is 0.295 e. The van der Waals surface area contributed by atoms with Crippen LogP contribution in [0.4, 0.5) is 0 Å². The summed E-state index contributed by atoms with van der Waals surface area (Å²) in [6.07, 6.45) is 0.746. The second-order valence-electron chi connectivity index (χ2n) is 5.15. The van der Waals surface area contributed by atoms with Gasteiger partial charge in [0.1, 0.15) is 5.82 Å². The fraction of sp³-hybridized carbons (Fsp3) is 0.235. The topological polar surface area (TPSA) is 17.8 Å². The van der Waals surface area contributed by atoms with E-state index in [1.54, 1.807) is 0 Å². The Kier molecular flexibility index (Phi) is 4.05. The van der Waals surface area contributed by atoms with Crippen LogP contribution in [0.3, 0.4) is 0 Å². The number of alkyl halides is 1. The second kappa shape index (κ2) is 5.82. The number of para-hydroxylation sites is 1. The van der Waals surface area contributed by atoms with Crippen LogP contribution in [-0.4, -0.2) is 15.4 Å². The zero-order valence-electron chi connectivity index (χ0n) is 12.0. The van der Waals surface area contributed by atoms with Crippen molar-refractivity contribution < 1.29 is 0 Å².